The van der Waals surface area contributed by atoms with Crippen molar-refractivity contribution in [2.45, 2.75) is 57.9 Å². The molecule has 1 fully saturated rings. The fourth-order valence-corrected chi connectivity index (χ4v) is 2.80. The molecule has 0 amide bonds. The van der Waals surface area contributed by atoms with Gasteiger partial charge < -0.3 is 9.09 Å². The predicted molar refractivity (Wildman–Crippen MR) is 70.8 cm³/mol. The average molecular weight is 260 g/mol. The number of aryl methyl sites for hydroxylation is 1. The first-order chi connectivity index (χ1) is 9.36. The molecule has 2 heterocycles. The second-order valence-electron chi connectivity index (χ2n) is 5.21. The molecule has 0 spiro atoms. The number of hydrogen-bond donors (Lipinski definition) is 0. The molecule has 2 aromatic rings. The lowest BCUT2D eigenvalue weighted by Crippen LogP contribution is -2.07. The van der Waals surface area contributed by atoms with Gasteiger partial charge >= 0.3 is 0 Å². The van der Waals surface area contributed by atoms with Gasteiger partial charge in [-0.3, -0.25) is 0 Å². The van der Waals surface area contributed by atoms with Crippen LogP contribution >= 0.6 is 0 Å². The Labute approximate surface area is 113 Å². The van der Waals surface area contributed by atoms with Gasteiger partial charge in [0.2, 0.25) is 5.89 Å². The number of rotatable bonds is 4. The van der Waals surface area contributed by atoms with Gasteiger partial charge in [0.05, 0.1) is 0 Å². The highest BCUT2D eigenvalue weighted by Gasteiger charge is 2.21. The monoisotopic (exact) mass is 260 g/mol. The number of hydrogen-bond acceptors (Lipinski definition) is 4. The standard InChI is InChI=1S/C14H20N4O/c1-2-12-15-8-9-18(12)10-13-16-14(17-19-13)11-6-4-3-5-7-11/h8-9,11H,2-7,10H2,1H3. The van der Waals surface area contributed by atoms with Crippen molar-refractivity contribution in [3.05, 3.63) is 29.9 Å². The fourth-order valence-electron chi connectivity index (χ4n) is 2.80. The minimum Gasteiger partial charge on any atom is -0.337 e. The van der Waals surface area contributed by atoms with Crippen LogP contribution in [0.15, 0.2) is 16.9 Å². The first kappa shape index (κ1) is 12.4. The molecule has 1 aliphatic carbocycles. The van der Waals surface area contributed by atoms with Crippen molar-refractivity contribution in [3.8, 4) is 0 Å². The molecule has 0 aromatic carbocycles. The first-order valence-electron chi connectivity index (χ1n) is 7.19. The molecule has 0 unspecified atom stereocenters. The third kappa shape index (κ3) is 2.69. The van der Waals surface area contributed by atoms with Crippen LogP contribution in [0.4, 0.5) is 0 Å². The zero-order valence-electron chi connectivity index (χ0n) is 11.4. The number of imidazole rings is 1. The highest BCUT2D eigenvalue weighted by Crippen LogP contribution is 2.30. The van der Waals surface area contributed by atoms with E-state index >= 15 is 0 Å². The molecule has 2 aromatic heterocycles. The second kappa shape index (κ2) is 5.55. The van der Waals surface area contributed by atoms with E-state index in [0.717, 1.165) is 18.1 Å². The van der Waals surface area contributed by atoms with Crippen LogP contribution in [0.3, 0.4) is 0 Å². The maximum atomic E-state index is 5.38. The molecule has 1 aliphatic rings. The van der Waals surface area contributed by atoms with Gasteiger partial charge in [-0.1, -0.05) is 31.3 Å². The molecule has 19 heavy (non-hydrogen) atoms. The van der Waals surface area contributed by atoms with Crippen molar-refractivity contribution in [1.29, 1.82) is 0 Å². The fraction of sp³-hybridized carbons (Fsp3) is 0.643. The largest absolute Gasteiger partial charge is 0.337 e. The van der Waals surface area contributed by atoms with Crippen molar-refractivity contribution >= 4 is 0 Å². The van der Waals surface area contributed by atoms with E-state index < -0.39 is 0 Å². The van der Waals surface area contributed by atoms with Crippen molar-refractivity contribution < 1.29 is 4.52 Å². The van der Waals surface area contributed by atoms with E-state index in [9.17, 15) is 0 Å². The van der Waals surface area contributed by atoms with Gasteiger partial charge in [-0.25, -0.2) is 4.98 Å². The van der Waals surface area contributed by atoms with Crippen LogP contribution in [-0.4, -0.2) is 19.7 Å². The van der Waals surface area contributed by atoms with Gasteiger partial charge in [0.15, 0.2) is 5.82 Å². The van der Waals surface area contributed by atoms with Crippen LogP contribution < -0.4 is 0 Å². The van der Waals surface area contributed by atoms with Gasteiger partial charge in [-0.15, -0.1) is 0 Å². The van der Waals surface area contributed by atoms with Gasteiger partial charge in [0.1, 0.15) is 12.4 Å². The Bertz CT molecular complexity index is 525. The Balaban J connectivity index is 1.70. The van der Waals surface area contributed by atoms with Gasteiger partial charge in [-0.2, -0.15) is 4.98 Å². The summed E-state index contributed by atoms with van der Waals surface area (Å²) in [6.07, 6.45) is 11.0. The maximum absolute atomic E-state index is 5.38. The third-order valence-corrected chi connectivity index (χ3v) is 3.88. The van der Waals surface area contributed by atoms with E-state index in [-0.39, 0.29) is 0 Å². The van der Waals surface area contributed by atoms with Crippen LogP contribution in [0.1, 0.15) is 62.5 Å². The zero-order chi connectivity index (χ0) is 13.1. The highest BCUT2D eigenvalue weighted by atomic mass is 16.5. The Morgan fingerprint density at radius 3 is 2.95 bits per heavy atom. The van der Waals surface area contributed by atoms with E-state index in [1.165, 1.54) is 32.1 Å². The van der Waals surface area contributed by atoms with E-state index in [4.69, 9.17) is 4.52 Å². The Morgan fingerprint density at radius 1 is 1.32 bits per heavy atom. The first-order valence-corrected chi connectivity index (χ1v) is 7.19. The Hall–Kier alpha value is -1.65. The summed E-state index contributed by atoms with van der Waals surface area (Å²) in [7, 11) is 0. The molecule has 0 saturated heterocycles. The van der Waals surface area contributed by atoms with Crippen molar-refractivity contribution in [2.24, 2.45) is 0 Å². The van der Waals surface area contributed by atoms with Crippen LogP contribution in [0.5, 0.6) is 0 Å². The second-order valence-corrected chi connectivity index (χ2v) is 5.21. The molecule has 0 radical (unpaired) electrons. The number of nitrogens with zero attached hydrogens (tertiary/aromatic N) is 4. The Kier molecular flexibility index (Phi) is 3.62. The van der Waals surface area contributed by atoms with Crippen LogP contribution in [-0.2, 0) is 13.0 Å². The summed E-state index contributed by atoms with van der Waals surface area (Å²) in [4.78, 5) is 8.86. The van der Waals surface area contributed by atoms with Crippen LogP contribution in [0.2, 0.25) is 0 Å². The zero-order valence-corrected chi connectivity index (χ0v) is 11.4. The van der Waals surface area contributed by atoms with E-state index in [1.807, 2.05) is 12.4 Å². The summed E-state index contributed by atoms with van der Waals surface area (Å²) in [5.41, 5.74) is 0. The topological polar surface area (TPSA) is 56.7 Å². The lowest BCUT2D eigenvalue weighted by Gasteiger charge is -2.17. The normalized spacial score (nSPS) is 16.9. The summed E-state index contributed by atoms with van der Waals surface area (Å²) >= 11 is 0. The van der Waals surface area contributed by atoms with Crippen molar-refractivity contribution in [3.63, 3.8) is 0 Å². The van der Waals surface area contributed by atoms with Crippen LogP contribution in [0, 0.1) is 0 Å². The SMILES string of the molecule is CCc1nccn1Cc1nc(C2CCCCC2)no1. The molecule has 102 valence electrons. The molecule has 1 saturated carbocycles. The van der Waals surface area contributed by atoms with Crippen LogP contribution in [0.25, 0.3) is 0 Å². The van der Waals surface area contributed by atoms with E-state index in [2.05, 4.69) is 26.6 Å². The third-order valence-electron chi connectivity index (χ3n) is 3.88. The van der Waals surface area contributed by atoms with Gasteiger partial charge in [0, 0.05) is 24.7 Å². The summed E-state index contributed by atoms with van der Waals surface area (Å²) in [6.45, 7) is 2.73. The number of aromatic nitrogens is 4. The highest BCUT2D eigenvalue weighted by molar-refractivity contribution is 4.99. The van der Waals surface area contributed by atoms with E-state index in [0.29, 0.717) is 18.4 Å². The quantitative estimate of drug-likeness (QED) is 0.848. The lowest BCUT2D eigenvalue weighted by molar-refractivity contribution is 0.352. The van der Waals surface area contributed by atoms with E-state index in [1.54, 1.807) is 0 Å². The average Bonchev–Trinajstić information content (AvgIpc) is 3.09. The molecular formula is C14H20N4O. The van der Waals surface area contributed by atoms with Crippen molar-refractivity contribution in [1.82, 2.24) is 19.7 Å². The van der Waals surface area contributed by atoms with Gasteiger partial charge in [0.25, 0.3) is 0 Å². The molecule has 0 aliphatic heterocycles. The van der Waals surface area contributed by atoms with Crippen molar-refractivity contribution in [2.75, 3.05) is 0 Å². The predicted octanol–water partition coefficient (Wildman–Crippen LogP) is 2.92. The summed E-state index contributed by atoms with van der Waals surface area (Å²) < 4.78 is 7.45. The molecular weight excluding hydrogens is 240 g/mol. The van der Waals surface area contributed by atoms with Gasteiger partial charge in [-0.05, 0) is 12.8 Å². The minimum absolute atomic E-state index is 0.500. The summed E-state index contributed by atoms with van der Waals surface area (Å²) in [5, 5.41) is 4.16. The lowest BCUT2D eigenvalue weighted by atomic mass is 9.89. The Morgan fingerprint density at radius 2 is 2.16 bits per heavy atom. The molecule has 0 bridgehead atoms. The molecule has 3 rings (SSSR count). The molecule has 5 heteroatoms. The molecule has 0 N–H and O–H groups in total. The summed E-state index contributed by atoms with van der Waals surface area (Å²) in [6, 6.07) is 0. The maximum Gasteiger partial charge on any atom is 0.246 e. The minimum atomic E-state index is 0.500. The molecule has 0 atom stereocenters. The summed E-state index contributed by atoms with van der Waals surface area (Å²) in [5.74, 6) is 3.14. The smallest absolute Gasteiger partial charge is 0.246 e. The molecule has 5 nitrogen and oxygen atoms in total.